The van der Waals surface area contributed by atoms with Crippen molar-refractivity contribution in [1.29, 1.82) is 0 Å². The van der Waals surface area contributed by atoms with Crippen LogP contribution in [0.4, 0.5) is 0 Å². The monoisotopic (exact) mass is 449 g/mol. The predicted octanol–water partition coefficient (Wildman–Crippen LogP) is 6.24. The standard InChI is InChI=1S/C28H39N3S/c1-3-4-18-28(23-16-9-6-10-17-23)29-26(31-19-12-11-13-21(31)2)24-20-25(32-27(24)30-28)22-14-7-5-8-15-22/h5-10,14-17,21,24-27,29-30H,3-4,11-13,18-20H2,1-2H3. The zero-order valence-corrected chi connectivity index (χ0v) is 20.5. The first-order chi connectivity index (χ1) is 15.7. The second-order valence-electron chi connectivity index (χ2n) is 10.0. The smallest absolute Gasteiger partial charge is 0.0970 e. The Morgan fingerprint density at radius 1 is 1.00 bits per heavy atom. The molecule has 3 heterocycles. The molecule has 3 aliphatic rings. The summed E-state index contributed by atoms with van der Waals surface area (Å²) in [5, 5.41) is 9.49. The zero-order valence-electron chi connectivity index (χ0n) is 19.7. The van der Waals surface area contributed by atoms with Gasteiger partial charge < -0.3 is 0 Å². The fraction of sp³-hybridized carbons (Fsp3) is 0.571. The van der Waals surface area contributed by atoms with E-state index in [1.165, 1.54) is 56.2 Å². The molecule has 0 radical (unpaired) electrons. The first kappa shape index (κ1) is 22.5. The van der Waals surface area contributed by atoms with Crippen LogP contribution < -0.4 is 10.6 Å². The number of fused-ring (bicyclic) bond motifs is 1. The molecule has 0 spiro atoms. The summed E-state index contributed by atoms with van der Waals surface area (Å²) < 4.78 is 0. The lowest BCUT2D eigenvalue weighted by molar-refractivity contribution is -0.0206. The molecule has 2 aromatic carbocycles. The number of thioether (sulfide) groups is 1. The van der Waals surface area contributed by atoms with Crippen LogP contribution in [0.15, 0.2) is 60.7 Å². The summed E-state index contributed by atoms with van der Waals surface area (Å²) in [6, 6.07) is 23.0. The van der Waals surface area contributed by atoms with Gasteiger partial charge in [-0.25, -0.2) is 0 Å². The minimum Gasteiger partial charge on any atom is -0.285 e. The molecule has 5 rings (SSSR count). The van der Waals surface area contributed by atoms with Crippen molar-refractivity contribution in [3.8, 4) is 0 Å². The van der Waals surface area contributed by atoms with Gasteiger partial charge in [0.2, 0.25) is 0 Å². The number of nitrogens with one attached hydrogen (secondary N) is 2. The highest BCUT2D eigenvalue weighted by molar-refractivity contribution is 8.00. The van der Waals surface area contributed by atoms with Crippen LogP contribution in [-0.2, 0) is 5.66 Å². The Balaban J connectivity index is 1.51. The molecule has 0 bridgehead atoms. The van der Waals surface area contributed by atoms with Crippen LogP contribution in [0.2, 0.25) is 0 Å². The first-order valence-electron chi connectivity index (χ1n) is 12.8. The van der Waals surface area contributed by atoms with E-state index >= 15 is 0 Å². The number of hydrogen-bond acceptors (Lipinski definition) is 4. The zero-order chi connectivity index (χ0) is 22.0. The third-order valence-electron chi connectivity index (χ3n) is 7.93. The summed E-state index contributed by atoms with van der Waals surface area (Å²) in [5.41, 5.74) is 2.72. The predicted molar refractivity (Wildman–Crippen MR) is 136 cm³/mol. The molecular formula is C28H39N3S. The van der Waals surface area contributed by atoms with Crippen LogP contribution in [0.5, 0.6) is 0 Å². The lowest BCUT2D eigenvalue weighted by Crippen LogP contribution is -2.72. The molecule has 4 heteroatoms. The molecule has 2 N–H and O–H groups in total. The van der Waals surface area contributed by atoms with Gasteiger partial charge in [0.25, 0.3) is 0 Å². The first-order valence-corrected chi connectivity index (χ1v) is 13.7. The average molecular weight is 450 g/mol. The molecule has 0 amide bonds. The van der Waals surface area contributed by atoms with Crippen molar-refractivity contribution < 1.29 is 0 Å². The molecule has 3 nitrogen and oxygen atoms in total. The highest BCUT2D eigenvalue weighted by Gasteiger charge is 2.52. The van der Waals surface area contributed by atoms with Crippen molar-refractivity contribution in [1.82, 2.24) is 15.5 Å². The average Bonchev–Trinajstić information content (AvgIpc) is 3.28. The fourth-order valence-electron chi connectivity index (χ4n) is 6.15. The molecule has 6 unspecified atom stereocenters. The Labute approximate surface area is 198 Å². The van der Waals surface area contributed by atoms with Crippen LogP contribution in [-0.4, -0.2) is 29.0 Å². The number of unbranched alkanes of at least 4 members (excludes halogenated alkanes) is 1. The Morgan fingerprint density at radius 3 is 2.47 bits per heavy atom. The SMILES string of the molecule is CCCCC1(c2ccccc2)NC2SC(c3ccccc3)CC2C(N2CCCCC2C)N1. The molecule has 172 valence electrons. The molecule has 0 saturated carbocycles. The molecule has 0 aliphatic carbocycles. The minimum absolute atomic E-state index is 0.154. The van der Waals surface area contributed by atoms with E-state index in [4.69, 9.17) is 0 Å². The number of hydrogen-bond donors (Lipinski definition) is 2. The maximum atomic E-state index is 4.26. The second kappa shape index (κ2) is 9.89. The van der Waals surface area contributed by atoms with E-state index in [-0.39, 0.29) is 5.66 Å². The van der Waals surface area contributed by atoms with E-state index < -0.39 is 0 Å². The third kappa shape index (κ3) is 4.40. The van der Waals surface area contributed by atoms with Gasteiger partial charge in [0.05, 0.1) is 17.2 Å². The van der Waals surface area contributed by atoms with E-state index in [1.807, 2.05) is 0 Å². The fourth-order valence-corrected chi connectivity index (χ4v) is 7.88. The normalized spacial score (nSPS) is 35.5. The number of rotatable bonds is 6. The van der Waals surface area contributed by atoms with Gasteiger partial charge in [-0.15, -0.1) is 11.8 Å². The molecule has 32 heavy (non-hydrogen) atoms. The molecule has 3 saturated heterocycles. The molecule has 0 aromatic heterocycles. The summed E-state index contributed by atoms with van der Waals surface area (Å²) >= 11 is 2.17. The summed E-state index contributed by atoms with van der Waals surface area (Å²) in [6.07, 6.45) is 9.27. The largest absolute Gasteiger partial charge is 0.285 e. The van der Waals surface area contributed by atoms with Crippen molar-refractivity contribution in [2.75, 3.05) is 6.54 Å². The number of benzene rings is 2. The third-order valence-corrected chi connectivity index (χ3v) is 9.48. The summed E-state index contributed by atoms with van der Waals surface area (Å²) in [7, 11) is 0. The van der Waals surface area contributed by atoms with Gasteiger partial charge in [0.1, 0.15) is 0 Å². The Morgan fingerprint density at radius 2 is 1.75 bits per heavy atom. The van der Waals surface area contributed by atoms with Crippen molar-refractivity contribution in [2.45, 2.75) is 87.3 Å². The van der Waals surface area contributed by atoms with Crippen LogP contribution in [0.3, 0.4) is 0 Å². The van der Waals surface area contributed by atoms with Crippen LogP contribution in [0, 0.1) is 5.92 Å². The number of piperidine rings is 1. The summed E-state index contributed by atoms with van der Waals surface area (Å²) in [4.78, 5) is 2.82. The van der Waals surface area contributed by atoms with Crippen molar-refractivity contribution in [3.63, 3.8) is 0 Å². The van der Waals surface area contributed by atoms with E-state index in [9.17, 15) is 0 Å². The van der Waals surface area contributed by atoms with Crippen LogP contribution in [0.25, 0.3) is 0 Å². The van der Waals surface area contributed by atoms with Crippen LogP contribution in [0.1, 0.15) is 75.2 Å². The maximum absolute atomic E-state index is 4.26. The van der Waals surface area contributed by atoms with Gasteiger partial charge in [0.15, 0.2) is 0 Å². The number of likely N-dealkylation sites (tertiary alicyclic amines) is 1. The van der Waals surface area contributed by atoms with Gasteiger partial charge in [-0.1, -0.05) is 86.8 Å². The van der Waals surface area contributed by atoms with E-state index in [0.717, 1.165) is 6.42 Å². The molecular weight excluding hydrogens is 410 g/mol. The van der Waals surface area contributed by atoms with Crippen molar-refractivity contribution in [3.05, 3.63) is 71.8 Å². The van der Waals surface area contributed by atoms with E-state index in [2.05, 4.69) is 102 Å². The van der Waals surface area contributed by atoms with Gasteiger partial charge in [-0.05, 0) is 50.3 Å². The molecule has 2 aromatic rings. The topological polar surface area (TPSA) is 27.3 Å². The van der Waals surface area contributed by atoms with Crippen molar-refractivity contribution in [2.24, 2.45) is 5.92 Å². The molecule has 3 aliphatic heterocycles. The Hall–Kier alpha value is -1.33. The van der Waals surface area contributed by atoms with E-state index in [0.29, 0.717) is 28.7 Å². The summed E-state index contributed by atoms with van der Waals surface area (Å²) in [6.45, 7) is 5.98. The lowest BCUT2D eigenvalue weighted by atomic mass is 9.84. The van der Waals surface area contributed by atoms with Gasteiger partial charge in [-0.2, -0.15) is 0 Å². The lowest BCUT2D eigenvalue weighted by Gasteiger charge is -2.54. The minimum atomic E-state index is -0.154. The van der Waals surface area contributed by atoms with Gasteiger partial charge >= 0.3 is 0 Å². The van der Waals surface area contributed by atoms with Gasteiger partial charge in [0, 0.05) is 17.2 Å². The van der Waals surface area contributed by atoms with Gasteiger partial charge in [-0.3, -0.25) is 15.5 Å². The van der Waals surface area contributed by atoms with Crippen molar-refractivity contribution >= 4 is 11.8 Å². The quantitative estimate of drug-likeness (QED) is 0.545. The Kier molecular flexibility index (Phi) is 6.94. The second-order valence-corrected chi connectivity index (χ2v) is 11.4. The van der Waals surface area contributed by atoms with E-state index in [1.54, 1.807) is 0 Å². The molecule has 6 atom stereocenters. The molecule has 3 fully saturated rings. The highest BCUT2D eigenvalue weighted by atomic mass is 32.2. The number of nitrogens with zero attached hydrogens (tertiary/aromatic N) is 1. The van der Waals surface area contributed by atoms with Crippen LogP contribution >= 0.6 is 11.8 Å². The maximum Gasteiger partial charge on any atom is 0.0970 e. The highest BCUT2D eigenvalue weighted by Crippen LogP contribution is 2.52. The summed E-state index contributed by atoms with van der Waals surface area (Å²) in [5.74, 6) is 0.615. The Bertz CT molecular complexity index is 859.